The van der Waals surface area contributed by atoms with Crippen molar-refractivity contribution in [2.24, 2.45) is 17.3 Å². The zero-order valence-corrected chi connectivity index (χ0v) is 13.3. The maximum Gasteiger partial charge on any atom is 0.307 e. The molecule has 1 heterocycles. The summed E-state index contributed by atoms with van der Waals surface area (Å²) in [6.45, 7) is 6.14. The molecule has 1 saturated heterocycles. The van der Waals surface area contributed by atoms with Crippen LogP contribution in [-0.4, -0.2) is 48.1 Å². The molecule has 2 aliphatic rings. The number of carbonyl (C=O) groups excluding carboxylic acids is 1. The highest BCUT2D eigenvalue weighted by atomic mass is 19.1. The molecule has 0 radical (unpaired) electrons. The summed E-state index contributed by atoms with van der Waals surface area (Å²) < 4.78 is 13.0. The average Bonchev–Trinajstić information content (AvgIpc) is 3.10. The SMILES string of the molecule is CC1(C)[C@H](C(=O)O)[C@@H]1C(=O)N1CCN(c2ccc(F)cc2)CC1. The van der Waals surface area contributed by atoms with Crippen LogP contribution < -0.4 is 4.90 Å². The Kier molecular flexibility index (Phi) is 3.78. The van der Waals surface area contributed by atoms with Crippen molar-refractivity contribution in [3.05, 3.63) is 30.1 Å². The molecule has 1 N–H and O–H groups in total. The molecule has 1 aromatic carbocycles. The minimum Gasteiger partial charge on any atom is -0.481 e. The van der Waals surface area contributed by atoms with Crippen molar-refractivity contribution in [3.8, 4) is 0 Å². The summed E-state index contributed by atoms with van der Waals surface area (Å²) in [7, 11) is 0. The van der Waals surface area contributed by atoms with Gasteiger partial charge in [-0.05, 0) is 29.7 Å². The molecular weight excluding hydrogens is 299 g/mol. The first-order valence-electron chi connectivity index (χ1n) is 7.84. The van der Waals surface area contributed by atoms with Crippen LogP contribution in [0.25, 0.3) is 0 Å². The van der Waals surface area contributed by atoms with E-state index in [1.165, 1.54) is 12.1 Å². The van der Waals surface area contributed by atoms with Gasteiger partial charge in [0.05, 0.1) is 11.8 Å². The van der Waals surface area contributed by atoms with Crippen LogP contribution in [0.15, 0.2) is 24.3 Å². The number of carboxylic acid groups (broad SMARTS) is 1. The quantitative estimate of drug-likeness (QED) is 0.923. The van der Waals surface area contributed by atoms with E-state index in [2.05, 4.69) is 4.90 Å². The summed E-state index contributed by atoms with van der Waals surface area (Å²) in [5.74, 6) is -2.21. The predicted octanol–water partition coefficient (Wildman–Crippen LogP) is 1.83. The minimum atomic E-state index is -0.890. The number of benzene rings is 1. The van der Waals surface area contributed by atoms with Gasteiger partial charge in [0.2, 0.25) is 5.91 Å². The van der Waals surface area contributed by atoms with Crippen molar-refractivity contribution in [1.82, 2.24) is 4.90 Å². The molecule has 0 bridgehead atoms. The molecule has 1 aromatic rings. The van der Waals surface area contributed by atoms with E-state index in [9.17, 15) is 19.1 Å². The molecule has 3 rings (SSSR count). The van der Waals surface area contributed by atoms with E-state index in [0.717, 1.165) is 5.69 Å². The summed E-state index contributed by atoms with van der Waals surface area (Å²) in [6.07, 6.45) is 0. The van der Waals surface area contributed by atoms with Crippen molar-refractivity contribution < 1.29 is 19.1 Å². The van der Waals surface area contributed by atoms with Crippen LogP contribution in [0.3, 0.4) is 0 Å². The fraction of sp³-hybridized carbons (Fsp3) is 0.529. The van der Waals surface area contributed by atoms with Crippen LogP contribution in [0, 0.1) is 23.1 Å². The molecule has 1 saturated carbocycles. The minimum absolute atomic E-state index is 0.0545. The number of halogens is 1. The van der Waals surface area contributed by atoms with Crippen molar-refractivity contribution in [1.29, 1.82) is 0 Å². The molecule has 124 valence electrons. The fourth-order valence-corrected chi connectivity index (χ4v) is 3.59. The summed E-state index contributed by atoms with van der Waals surface area (Å²) in [5.41, 5.74) is 0.477. The van der Waals surface area contributed by atoms with E-state index >= 15 is 0 Å². The predicted molar refractivity (Wildman–Crippen MR) is 83.6 cm³/mol. The number of nitrogens with zero attached hydrogens (tertiary/aromatic N) is 2. The zero-order valence-electron chi connectivity index (χ0n) is 13.3. The Morgan fingerprint density at radius 1 is 1.09 bits per heavy atom. The molecule has 0 spiro atoms. The smallest absolute Gasteiger partial charge is 0.307 e. The van der Waals surface area contributed by atoms with Crippen LogP contribution >= 0.6 is 0 Å². The first-order valence-corrected chi connectivity index (χ1v) is 7.84. The summed E-state index contributed by atoms with van der Waals surface area (Å²) in [6, 6.07) is 6.32. The lowest BCUT2D eigenvalue weighted by Crippen LogP contribution is -2.49. The second kappa shape index (κ2) is 5.51. The Balaban J connectivity index is 1.60. The highest BCUT2D eigenvalue weighted by Crippen LogP contribution is 2.59. The first kappa shape index (κ1) is 15.8. The monoisotopic (exact) mass is 320 g/mol. The van der Waals surface area contributed by atoms with Crippen molar-refractivity contribution in [3.63, 3.8) is 0 Å². The number of aliphatic carboxylic acids is 1. The lowest BCUT2D eigenvalue weighted by Gasteiger charge is -2.36. The van der Waals surface area contributed by atoms with E-state index in [1.807, 2.05) is 13.8 Å². The van der Waals surface area contributed by atoms with Crippen LogP contribution in [0.4, 0.5) is 10.1 Å². The maximum atomic E-state index is 13.0. The van der Waals surface area contributed by atoms with Gasteiger partial charge in [-0.25, -0.2) is 4.39 Å². The Morgan fingerprint density at radius 2 is 1.65 bits per heavy atom. The lowest BCUT2D eigenvalue weighted by molar-refractivity contribution is -0.142. The Hall–Kier alpha value is -2.11. The van der Waals surface area contributed by atoms with E-state index in [4.69, 9.17) is 0 Å². The Labute approximate surface area is 134 Å². The van der Waals surface area contributed by atoms with E-state index < -0.39 is 23.2 Å². The summed E-state index contributed by atoms with van der Waals surface area (Å²) >= 11 is 0. The third-order valence-corrected chi connectivity index (χ3v) is 5.14. The van der Waals surface area contributed by atoms with Crippen molar-refractivity contribution in [2.75, 3.05) is 31.1 Å². The van der Waals surface area contributed by atoms with Gasteiger partial charge in [0, 0.05) is 31.9 Å². The number of hydrogen-bond acceptors (Lipinski definition) is 3. The third kappa shape index (κ3) is 2.78. The molecule has 1 aliphatic carbocycles. The maximum absolute atomic E-state index is 13.0. The zero-order chi connectivity index (χ0) is 16.8. The number of anilines is 1. The van der Waals surface area contributed by atoms with E-state index in [-0.39, 0.29) is 11.7 Å². The molecule has 1 amide bonds. The number of carboxylic acids is 1. The van der Waals surface area contributed by atoms with Gasteiger partial charge >= 0.3 is 5.97 Å². The van der Waals surface area contributed by atoms with Crippen LogP contribution in [0.5, 0.6) is 0 Å². The standard InChI is InChI=1S/C17H21FN2O3/c1-17(2)13(14(17)16(22)23)15(21)20-9-7-19(8-10-20)12-5-3-11(18)4-6-12/h3-6,13-14H,7-10H2,1-2H3,(H,22,23)/t13-,14+/m1/s1. The topological polar surface area (TPSA) is 60.9 Å². The molecule has 0 aromatic heterocycles. The van der Waals surface area contributed by atoms with Gasteiger partial charge < -0.3 is 14.9 Å². The molecule has 1 aliphatic heterocycles. The van der Waals surface area contributed by atoms with Gasteiger partial charge in [0.1, 0.15) is 5.82 Å². The number of carbonyl (C=O) groups is 2. The second-order valence-electron chi connectivity index (χ2n) is 6.90. The highest BCUT2D eigenvalue weighted by Gasteiger charge is 2.66. The summed E-state index contributed by atoms with van der Waals surface area (Å²) in [4.78, 5) is 27.7. The number of rotatable bonds is 3. The van der Waals surface area contributed by atoms with Crippen LogP contribution in [0.2, 0.25) is 0 Å². The van der Waals surface area contributed by atoms with Crippen LogP contribution in [0.1, 0.15) is 13.8 Å². The average molecular weight is 320 g/mol. The highest BCUT2D eigenvalue weighted by molar-refractivity contribution is 5.91. The molecule has 2 atom stereocenters. The fourth-order valence-electron chi connectivity index (χ4n) is 3.59. The number of amides is 1. The van der Waals surface area contributed by atoms with Gasteiger partial charge in [0.25, 0.3) is 0 Å². The molecule has 0 unspecified atom stereocenters. The van der Waals surface area contributed by atoms with Crippen molar-refractivity contribution >= 4 is 17.6 Å². The van der Waals surface area contributed by atoms with Gasteiger partial charge in [-0.2, -0.15) is 0 Å². The third-order valence-electron chi connectivity index (χ3n) is 5.14. The van der Waals surface area contributed by atoms with E-state index in [0.29, 0.717) is 26.2 Å². The molecule has 5 nitrogen and oxygen atoms in total. The molecule has 6 heteroatoms. The molecular formula is C17H21FN2O3. The van der Waals surface area contributed by atoms with Gasteiger partial charge in [-0.3, -0.25) is 9.59 Å². The van der Waals surface area contributed by atoms with Gasteiger partial charge in [-0.1, -0.05) is 13.8 Å². The Morgan fingerprint density at radius 3 is 2.13 bits per heavy atom. The van der Waals surface area contributed by atoms with Gasteiger partial charge in [-0.15, -0.1) is 0 Å². The first-order chi connectivity index (χ1) is 10.8. The van der Waals surface area contributed by atoms with Gasteiger partial charge in [0.15, 0.2) is 0 Å². The molecule has 2 fully saturated rings. The second-order valence-corrected chi connectivity index (χ2v) is 6.90. The number of hydrogen-bond donors (Lipinski definition) is 1. The Bertz CT molecular complexity index is 621. The number of piperazine rings is 1. The molecule has 23 heavy (non-hydrogen) atoms. The summed E-state index contributed by atoms with van der Waals surface area (Å²) in [5, 5.41) is 9.21. The van der Waals surface area contributed by atoms with E-state index in [1.54, 1.807) is 17.0 Å². The largest absolute Gasteiger partial charge is 0.481 e. The lowest BCUT2D eigenvalue weighted by atomic mass is 10.1. The van der Waals surface area contributed by atoms with Crippen LogP contribution in [-0.2, 0) is 9.59 Å². The normalized spacial score (nSPS) is 26.0. The van der Waals surface area contributed by atoms with Crippen molar-refractivity contribution in [2.45, 2.75) is 13.8 Å².